The lowest BCUT2D eigenvalue weighted by Gasteiger charge is -2.28. The third-order valence-electron chi connectivity index (χ3n) is 4.47. The zero-order valence-electron chi connectivity index (χ0n) is 15.4. The number of carbonyl (C=O) groups excluding carboxylic acids is 2. The number of rotatable bonds is 6. The Labute approximate surface area is 158 Å². The number of hydrogen-bond acceptors (Lipinski definition) is 4. The summed E-state index contributed by atoms with van der Waals surface area (Å²) in [6, 6.07) is 9.59. The molecule has 6 nitrogen and oxygen atoms in total. The molecular formula is C21H23N3O3. The predicted octanol–water partition coefficient (Wildman–Crippen LogP) is 2.65. The van der Waals surface area contributed by atoms with Crippen LogP contribution in [0.4, 0.5) is 5.69 Å². The maximum Gasteiger partial charge on any atom is 0.246 e. The molecule has 1 aromatic heterocycles. The van der Waals surface area contributed by atoms with Crippen LogP contribution in [-0.2, 0) is 27.3 Å². The summed E-state index contributed by atoms with van der Waals surface area (Å²) in [5, 5.41) is 2.88. The second-order valence-corrected chi connectivity index (χ2v) is 6.40. The van der Waals surface area contributed by atoms with Crippen molar-refractivity contribution >= 4 is 23.6 Å². The van der Waals surface area contributed by atoms with Crippen molar-refractivity contribution in [1.82, 2.24) is 9.88 Å². The van der Waals surface area contributed by atoms with Gasteiger partial charge in [-0.1, -0.05) is 6.07 Å². The number of pyridine rings is 1. The molecular weight excluding hydrogens is 342 g/mol. The number of carbonyl (C=O) groups is 2. The third-order valence-corrected chi connectivity index (χ3v) is 4.47. The van der Waals surface area contributed by atoms with E-state index in [1.54, 1.807) is 31.7 Å². The molecule has 0 saturated heterocycles. The second-order valence-electron chi connectivity index (χ2n) is 6.40. The highest BCUT2D eigenvalue weighted by molar-refractivity contribution is 5.92. The van der Waals surface area contributed by atoms with Crippen molar-refractivity contribution in [2.45, 2.75) is 19.4 Å². The molecule has 1 aliphatic rings. The third kappa shape index (κ3) is 5.24. The van der Waals surface area contributed by atoms with Gasteiger partial charge in [-0.15, -0.1) is 0 Å². The second kappa shape index (κ2) is 9.09. The first-order chi connectivity index (χ1) is 13.2. The smallest absolute Gasteiger partial charge is 0.246 e. The SMILES string of the molecule is COCCC(=O)Nc1ccc2c(c1)CN(C(=O)/C=C/c1ccncc1)CC2. The number of methoxy groups -OCH3 is 1. The van der Waals surface area contributed by atoms with Crippen LogP contribution in [0.5, 0.6) is 0 Å². The lowest BCUT2D eigenvalue weighted by molar-refractivity contribution is -0.126. The van der Waals surface area contributed by atoms with Crippen LogP contribution in [0.3, 0.4) is 0 Å². The topological polar surface area (TPSA) is 71.5 Å². The molecule has 0 unspecified atom stereocenters. The summed E-state index contributed by atoms with van der Waals surface area (Å²) in [7, 11) is 1.57. The molecule has 1 N–H and O–H groups in total. The number of aromatic nitrogens is 1. The number of nitrogens with zero attached hydrogens (tertiary/aromatic N) is 2. The molecule has 1 aliphatic heterocycles. The minimum Gasteiger partial charge on any atom is -0.384 e. The van der Waals surface area contributed by atoms with Gasteiger partial charge in [0.15, 0.2) is 0 Å². The first-order valence-electron chi connectivity index (χ1n) is 8.93. The molecule has 0 atom stereocenters. The Morgan fingerprint density at radius 1 is 1.22 bits per heavy atom. The zero-order chi connectivity index (χ0) is 19.1. The summed E-state index contributed by atoms with van der Waals surface area (Å²) in [6.07, 6.45) is 7.91. The first kappa shape index (κ1) is 18.8. The van der Waals surface area contributed by atoms with Crippen molar-refractivity contribution < 1.29 is 14.3 Å². The number of hydrogen-bond donors (Lipinski definition) is 1. The van der Waals surface area contributed by atoms with Gasteiger partial charge < -0.3 is 15.0 Å². The maximum absolute atomic E-state index is 12.5. The molecule has 27 heavy (non-hydrogen) atoms. The molecule has 2 aromatic rings. The fourth-order valence-corrected chi connectivity index (χ4v) is 2.99. The highest BCUT2D eigenvalue weighted by atomic mass is 16.5. The molecule has 1 aromatic carbocycles. The van der Waals surface area contributed by atoms with E-state index in [2.05, 4.69) is 10.3 Å². The Morgan fingerprint density at radius 3 is 2.81 bits per heavy atom. The van der Waals surface area contributed by atoms with E-state index in [1.807, 2.05) is 35.2 Å². The monoisotopic (exact) mass is 365 g/mol. The van der Waals surface area contributed by atoms with Crippen LogP contribution in [0.25, 0.3) is 6.08 Å². The molecule has 6 heteroatoms. The fourth-order valence-electron chi connectivity index (χ4n) is 2.99. The Bertz CT molecular complexity index is 834. The summed E-state index contributed by atoms with van der Waals surface area (Å²) >= 11 is 0. The molecule has 0 spiro atoms. The molecule has 140 valence electrons. The molecule has 2 heterocycles. The van der Waals surface area contributed by atoms with Gasteiger partial charge >= 0.3 is 0 Å². The van der Waals surface area contributed by atoms with Gasteiger partial charge in [0, 0.05) is 44.4 Å². The number of fused-ring (bicyclic) bond motifs is 1. The van der Waals surface area contributed by atoms with E-state index in [-0.39, 0.29) is 11.8 Å². The summed E-state index contributed by atoms with van der Waals surface area (Å²) < 4.78 is 4.92. The van der Waals surface area contributed by atoms with Crippen molar-refractivity contribution in [2.75, 3.05) is 25.6 Å². The van der Waals surface area contributed by atoms with Gasteiger partial charge in [-0.25, -0.2) is 0 Å². The molecule has 0 saturated carbocycles. The maximum atomic E-state index is 12.5. The number of amides is 2. The number of anilines is 1. The largest absolute Gasteiger partial charge is 0.384 e. The molecule has 3 rings (SSSR count). The van der Waals surface area contributed by atoms with Crippen LogP contribution in [-0.4, -0.2) is 42.0 Å². The van der Waals surface area contributed by atoms with Gasteiger partial charge in [0.2, 0.25) is 11.8 Å². The summed E-state index contributed by atoms with van der Waals surface area (Å²) in [5.74, 6) is -0.104. The van der Waals surface area contributed by atoms with E-state index in [0.717, 1.165) is 23.2 Å². The lowest BCUT2D eigenvalue weighted by atomic mass is 9.99. The standard InChI is InChI=1S/C21H23N3O3/c1-27-13-9-20(25)23-19-4-3-17-8-12-24(15-18(17)14-19)21(26)5-2-16-6-10-22-11-7-16/h2-7,10-11,14H,8-9,12-13,15H2,1H3,(H,23,25)/b5-2+. The number of nitrogens with one attached hydrogen (secondary N) is 1. The minimum absolute atomic E-state index is 0.0213. The van der Waals surface area contributed by atoms with Gasteiger partial charge in [-0.2, -0.15) is 0 Å². The van der Waals surface area contributed by atoms with Crippen LogP contribution in [0.1, 0.15) is 23.1 Å². The van der Waals surface area contributed by atoms with E-state index < -0.39 is 0 Å². The van der Waals surface area contributed by atoms with Gasteiger partial charge in [0.25, 0.3) is 0 Å². The zero-order valence-corrected chi connectivity index (χ0v) is 15.4. The van der Waals surface area contributed by atoms with Crippen molar-refractivity contribution in [2.24, 2.45) is 0 Å². The van der Waals surface area contributed by atoms with Crippen molar-refractivity contribution in [1.29, 1.82) is 0 Å². The van der Waals surface area contributed by atoms with Crippen LogP contribution in [0, 0.1) is 0 Å². The van der Waals surface area contributed by atoms with Crippen molar-refractivity contribution in [3.8, 4) is 0 Å². The highest BCUT2D eigenvalue weighted by Crippen LogP contribution is 2.23. The molecule has 0 aliphatic carbocycles. The minimum atomic E-state index is -0.0826. The molecule has 0 bridgehead atoms. The lowest BCUT2D eigenvalue weighted by Crippen LogP contribution is -2.34. The van der Waals surface area contributed by atoms with E-state index >= 15 is 0 Å². The molecule has 0 fully saturated rings. The quantitative estimate of drug-likeness (QED) is 0.799. The number of ether oxygens (including phenoxy) is 1. The summed E-state index contributed by atoms with van der Waals surface area (Å²) in [5.41, 5.74) is 3.97. The number of benzene rings is 1. The molecule has 2 amide bonds. The first-order valence-corrected chi connectivity index (χ1v) is 8.93. The Balaban J connectivity index is 1.64. The summed E-state index contributed by atoms with van der Waals surface area (Å²) in [6.45, 7) is 1.62. The summed E-state index contributed by atoms with van der Waals surface area (Å²) in [4.78, 5) is 30.1. The fraction of sp³-hybridized carbons (Fsp3) is 0.286. The van der Waals surface area contributed by atoms with Gasteiger partial charge in [0.05, 0.1) is 13.0 Å². The van der Waals surface area contributed by atoms with Crippen molar-refractivity contribution in [3.63, 3.8) is 0 Å². The van der Waals surface area contributed by atoms with Crippen LogP contribution >= 0.6 is 0 Å². The normalized spacial score (nSPS) is 13.4. The molecule has 0 radical (unpaired) electrons. The van der Waals surface area contributed by atoms with Gasteiger partial charge in [-0.05, 0) is 53.5 Å². The van der Waals surface area contributed by atoms with Crippen LogP contribution in [0.15, 0.2) is 48.8 Å². The van der Waals surface area contributed by atoms with E-state index in [9.17, 15) is 9.59 Å². The average molecular weight is 365 g/mol. The highest BCUT2D eigenvalue weighted by Gasteiger charge is 2.19. The van der Waals surface area contributed by atoms with E-state index in [1.165, 1.54) is 5.56 Å². The van der Waals surface area contributed by atoms with Crippen LogP contribution in [0.2, 0.25) is 0 Å². The van der Waals surface area contributed by atoms with Crippen LogP contribution < -0.4 is 5.32 Å². The van der Waals surface area contributed by atoms with Gasteiger partial charge in [0.1, 0.15) is 0 Å². The predicted molar refractivity (Wildman–Crippen MR) is 104 cm³/mol. The van der Waals surface area contributed by atoms with Gasteiger partial charge in [-0.3, -0.25) is 14.6 Å². The van der Waals surface area contributed by atoms with E-state index in [4.69, 9.17) is 4.74 Å². The van der Waals surface area contributed by atoms with E-state index in [0.29, 0.717) is 26.1 Å². The average Bonchev–Trinajstić information content (AvgIpc) is 2.70. The Morgan fingerprint density at radius 2 is 2.04 bits per heavy atom. The Hall–Kier alpha value is -2.99. The van der Waals surface area contributed by atoms with Crippen molar-refractivity contribution in [3.05, 3.63) is 65.5 Å². The Kier molecular flexibility index (Phi) is 6.33.